The fraction of sp³-hybridized carbons (Fsp3) is 0.273. The molecule has 1 fully saturated rings. The van der Waals surface area contributed by atoms with E-state index in [0.29, 0.717) is 25.3 Å². The van der Waals surface area contributed by atoms with Gasteiger partial charge in [0.1, 0.15) is 5.82 Å². The van der Waals surface area contributed by atoms with E-state index in [1.165, 1.54) is 5.56 Å². The molecule has 2 aromatic heterocycles. The minimum atomic E-state index is -0.175. The summed E-state index contributed by atoms with van der Waals surface area (Å²) in [6, 6.07) is 15.2. The smallest absolute Gasteiger partial charge is 0.251 e. The summed E-state index contributed by atoms with van der Waals surface area (Å²) < 4.78 is 0. The van der Waals surface area contributed by atoms with Crippen molar-refractivity contribution >= 4 is 5.91 Å². The van der Waals surface area contributed by atoms with Gasteiger partial charge < -0.3 is 9.88 Å². The first-order valence-corrected chi connectivity index (χ1v) is 9.52. The molecular formula is C22H22N4O2. The Labute approximate surface area is 163 Å². The fourth-order valence-corrected chi connectivity index (χ4v) is 3.61. The number of benzene rings is 1. The van der Waals surface area contributed by atoms with E-state index in [9.17, 15) is 9.59 Å². The molecular weight excluding hydrogens is 352 g/mol. The van der Waals surface area contributed by atoms with Crippen molar-refractivity contribution in [2.75, 3.05) is 13.1 Å². The van der Waals surface area contributed by atoms with Gasteiger partial charge in [0, 0.05) is 49.5 Å². The van der Waals surface area contributed by atoms with E-state index in [-0.39, 0.29) is 17.4 Å². The van der Waals surface area contributed by atoms with Crippen LogP contribution in [0.15, 0.2) is 65.7 Å². The maximum Gasteiger partial charge on any atom is 0.251 e. The van der Waals surface area contributed by atoms with Crippen molar-refractivity contribution in [3.63, 3.8) is 0 Å². The first-order chi connectivity index (χ1) is 13.7. The van der Waals surface area contributed by atoms with Crippen molar-refractivity contribution in [2.24, 2.45) is 0 Å². The number of aromatic nitrogens is 3. The molecule has 6 nitrogen and oxygen atoms in total. The predicted molar refractivity (Wildman–Crippen MR) is 107 cm³/mol. The molecule has 1 atom stereocenters. The molecule has 1 amide bonds. The number of hydrogen-bond acceptors (Lipinski definition) is 4. The Hall–Kier alpha value is -3.28. The van der Waals surface area contributed by atoms with Crippen LogP contribution in [0.3, 0.4) is 0 Å². The summed E-state index contributed by atoms with van der Waals surface area (Å²) in [6.07, 6.45) is 5.41. The molecule has 1 aliphatic rings. The first-order valence-electron chi connectivity index (χ1n) is 9.52. The number of nitrogens with zero attached hydrogens (tertiary/aromatic N) is 3. The molecule has 1 aromatic carbocycles. The highest BCUT2D eigenvalue weighted by molar-refractivity contribution is 5.76. The summed E-state index contributed by atoms with van der Waals surface area (Å²) >= 11 is 0. The lowest BCUT2D eigenvalue weighted by Gasteiger charge is -2.16. The second-order valence-electron chi connectivity index (χ2n) is 7.07. The van der Waals surface area contributed by atoms with Gasteiger partial charge in [0.05, 0.1) is 5.69 Å². The molecule has 1 saturated heterocycles. The lowest BCUT2D eigenvalue weighted by Crippen LogP contribution is -2.28. The van der Waals surface area contributed by atoms with Gasteiger partial charge in [-0.2, -0.15) is 0 Å². The van der Waals surface area contributed by atoms with Crippen LogP contribution in [0.2, 0.25) is 0 Å². The van der Waals surface area contributed by atoms with Crippen LogP contribution in [0.25, 0.3) is 11.4 Å². The van der Waals surface area contributed by atoms with Crippen LogP contribution in [-0.4, -0.2) is 38.8 Å². The van der Waals surface area contributed by atoms with Gasteiger partial charge in [-0.25, -0.2) is 4.98 Å². The third-order valence-corrected chi connectivity index (χ3v) is 5.14. The fourth-order valence-electron chi connectivity index (χ4n) is 3.61. The van der Waals surface area contributed by atoms with Gasteiger partial charge in [-0.15, -0.1) is 0 Å². The number of carbonyl (C=O) groups excluding carboxylic acids is 1. The zero-order chi connectivity index (χ0) is 19.3. The highest BCUT2D eigenvalue weighted by atomic mass is 16.2. The maximum atomic E-state index is 12.6. The topological polar surface area (TPSA) is 79.0 Å². The monoisotopic (exact) mass is 374 g/mol. The summed E-state index contributed by atoms with van der Waals surface area (Å²) in [5, 5.41) is 0. The average molecular weight is 374 g/mol. The quantitative estimate of drug-likeness (QED) is 0.745. The lowest BCUT2D eigenvalue weighted by atomic mass is 10.0. The van der Waals surface area contributed by atoms with Gasteiger partial charge >= 0.3 is 0 Å². The van der Waals surface area contributed by atoms with Crippen LogP contribution in [-0.2, 0) is 11.2 Å². The van der Waals surface area contributed by atoms with Crippen LogP contribution in [0.1, 0.15) is 30.0 Å². The van der Waals surface area contributed by atoms with E-state index in [0.717, 1.165) is 24.1 Å². The zero-order valence-corrected chi connectivity index (χ0v) is 15.5. The number of rotatable bonds is 5. The number of hydrogen-bond donors (Lipinski definition) is 1. The maximum absolute atomic E-state index is 12.6. The van der Waals surface area contributed by atoms with Crippen molar-refractivity contribution < 1.29 is 4.79 Å². The molecule has 1 aliphatic heterocycles. The summed E-state index contributed by atoms with van der Waals surface area (Å²) in [5.41, 5.74) is 2.56. The van der Waals surface area contributed by atoms with Crippen LogP contribution >= 0.6 is 0 Å². The number of likely N-dealkylation sites (tertiary alicyclic amines) is 1. The Morgan fingerprint density at radius 1 is 1.14 bits per heavy atom. The van der Waals surface area contributed by atoms with Crippen LogP contribution in [0.5, 0.6) is 0 Å². The van der Waals surface area contributed by atoms with Gasteiger partial charge in [-0.05, 0) is 30.5 Å². The molecule has 0 radical (unpaired) electrons. The molecule has 0 spiro atoms. The molecule has 6 heteroatoms. The molecule has 142 valence electrons. The number of nitrogens with one attached hydrogen (secondary N) is 1. The SMILES string of the molecule is O=C(CCc1ccccc1)N1CCC(c2cc(=O)[nH]c(-c3ccncc3)n2)C1. The summed E-state index contributed by atoms with van der Waals surface area (Å²) in [5.74, 6) is 0.785. The van der Waals surface area contributed by atoms with Gasteiger partial charge in [0.2, 0.25) is 5.91 Å². The standard InChI is InChI=1S/C22H22N4O2/c27-20-14-19(24-22(25-20)17-8-11-23-12-9-17)18-10-13-26(15-18)21(28)7-6-16-4-2-1-3-5-16/h1-5,8-9,11-12,14,18H,6-7,10,13,15H2,(H,24,25,27). The molecule has 3 heterocycles. The molecule has 3 aromatic rings. The number of aromatic amines is 1. The van der Waals surface area contributed by atoms with E-state index >= 15 is 0 Å². The Morgan fingerprint density at radius 2 is 1.93 bits per heavy atom. The van der Waals surface area contributed by atoms with Gasteiger partial charge in [-0.1, -0.05) is 30.3 Å². The van der Waals surface area contributed by atoms with E-state index in [2.05, 4.69) is 15.0 Å². The van der Waals surface area contributed by atoms with E-state index in [4.69, 9.17) is 0 Å². The number of amides is 1. The third kappa shape index (κ3) is 4.17. The van der Waals surface area contributed by atoms with E-state index in [1.807, 2.05) is 47.4 Å². The number of carbonyl (C=O) groups is 1. The largest absolute Gasteiger partial charge is 0.342 e. The number of H-pyrrole nitrogens is 1. The van der Waals surface area contributed by atoms with Crippen LogP contribution in [0, 0.1) is 0 Å². The van der Waals surface area contributed by atoms with Crippen molar-refractivity contribution in [3.05, 3.63) is 82.5 Å². The molecule has 1 unspecified atom stereocenters. The Balaban J connectivity index is 1.43. The van der Waals surface area contributed by atoms with E-state index < -0.39 is 0 Å². The van der Waals surface area contributed by atoms with Crippen molar-refractivity contribution in [2.45, 2.75) is 25.2 Å². The summed E-state index contributed by atoms with van der Waals surface area (Å²) in [6.45, 7) is 1.32. The molecule has 0 saturated carbocycles. The van der Waals surface area contributed by atoms with Gasteiger partial charge in [0.15, 0.2) is 0 Å². The zero-order valence-electron chi connectivity index (χ0n) is 15.5. The second kappa shape index (κ2) is 8.17. The molecule has 28 heavy (non-hydrogen) atoms. The third-order valence-electron chi connectivity index (χ3n) is 5.14. The minimum Gasteiger partial charge on any atom is -0.342 e. The predicted octanol–water partition coefficient (Wildman–Crippen LogP) is 2.78. The highest BCUT2D eigenvalue weighted by Gasteiger charge is 2.28. The molecule has 1 N–H and O–H groups in total. The Kier molecular flexibility index (Phi) is 5.28. The summed E-state index contributed by atoms with van der Waals surface area (Å²) in [4.78, 5) is 38.0. The Morgan fingerprint density at radius 3 is 2.71 bits per heavy atom. The van der Waals surface area contributed by atoms with Crippen LogP contribution < -0.4 is 5.56 Å². The highest BCUT2D eigenvalue weighted by Crippen LogP contribution is 2.27. The second-order valence-corrected chi connectivity index (χ2v) is 7.07. The van der Waals surface area contributed by atoms with Crippen molar-refractivity contribution in [3.8, 4) is 11.4 Å². The van der Waals surface area contributed by atoms with Crippen molar-refractivity contribution in [1.29, 1.82) is 0 Å². The average Bonchev–Trinajstić information content (AvgIpc) is 3.23. The molecule has 0 aliphatic carbocycles. The first kappa shape index (κ1) is 18.1. The normalized spacial score (nSPS) is 16.3. The van der Waals surface area contributed by atoms with Gasteiger partial charge in [-0.3, -0.25) is 14.6 Å². The Bertz CT molecular complexity index is 1000. The van der Waals surface area contributed by atoms with Crippen LogP contribution in [0.4, 0.5) is 0 Å². The van der Waals surface area contributed by atoms with Crippen molar-refractivity contribution in [1.82, 2.24) is 19.9 Å². The molecule has 0 bridgehead atoms. The van der Waals surface area contributed by atoms with Gasteiger partial charge in [0.25, 0.3) is 5.56 Å². The minimum absolute atomic E-state index is 0.0866. The molecule has 4 rings (SSSR count). The van der Waals surface area contributed by atoms with E-state index in [1.54, 1.807) is 18.5 Å². The summed E-state index contributed by atoms with van der Waals surface area (Å²) in [7, 11) is 0. The number of aryl methyl sites for hydroxylation is 1. The number of pyridine rings is 1. The lowest BCUT2D eigenvalue weighted by molar-refractivity contribution is -0.130.